The minimum atomic E-state index is -0.598. The van der Waals surface area contributed by atoms with Gasteiger partial charge in [0, 0.05) is 5.56 Å². The van der Waals surface area contributed by atoms with E-state index in [1.165, 1.54) is 6.07 Å². The first-order valence-electron chi connectivity index (χ1n) is 4.47. The molecule has 1 aliphatic rings. The lowest BCUT2D eigenvalue weighted by atomic mass is 9.93. The first-order chi connectivity index (χ1) is 6.60. The summed E-state index contributed by atoms with van der Waals surface area (Å²) in [5, 5.41) is 9.09. The molecule has 0 unspecified atom stereocenters. The van der Waals surface area contributed by atoms with Crippen LogP contribution in [0.25, 0.3) is 0 Å². The molecule has 1 aliphatic carbocycles. The van der Waals surface area contributed by atoms with Gasteiger partial charge in [0.15, 0.2) is 0 Å². The van der Waals surface area contributed by atoms with E-state index in [1.807, 2.05) is 6.92 Å². The number of nitrogens with zero attached hydrogens (tertiary/aromatic N) is 1. The molecule has 0 saturated heterocycles. The Morgan fingerprint density at radius 3 is 2.64 bits per heavy atom. The molecular weight excluding hydrogens is 201 g/mol. The summed E-state index contributed by atoms with van der Waals surface area (Å²) in [7, 11) is 0. The number of nitriles is 1. The Morgan fingerprint density at radius 2 is 2.14 bits per heavy atom. The van der Waals surface area contributed by atoms with E-state index in [2.05, 4.69) is 6.07 Å². The molecule has 1 aromatic carbocycles. The third-order valence-corrected chi connectivity index (χ3v) is 3.04. The summed E-state index contributed by atoms with van der Waals surface area (Å²) < 4.78 is 13.7. The summed E-state index contributed by atoms with van der Waals surface area (Å²) in [6.07, 6.45) is 1.48. The average Bonchev–Trinajstić information content (AvgIpc) is 2.93. The normalized spacial score (nSPS) is 17.6. The maximum absolute atomic E-state index is 13.7. The van der Waals surface area contributed by atoms with Crippen LogP contribution in [0.4, 0.5) is 4.39 Å². The van der Waals surface area contributed by atoms with E-state index in [0.29, 0.717) is 5.56 Å². The average molecular weight is 210 g/mol. The molecule has 3 heteroatoms. The van der Waals surface area contributed by atoms with Gasteiger partial charge >= 0.3 is 0 Å². The van der Waals surface area contributed by atoms with Crippen molar-refractivity contribution in [1.29, 1.82) is 5.26 Å². The summed E-state index contributed by atoms with van der Waals surface area (Å²) >= 11 is 5.69. The van der Waals surface area contributed by atoms with E-state index in [-0.39, 0.29) is 5.02 Å². The Labute approximate surface area is 87.1 Å². The van der Waals surface area contributed by atoms with Gasteiger partial charge in [-0.05, 0) is 31.4 Å². The Morgan fingerprint density at radius 1 is 1.50 bits per heavy atom. The van der Waals surface area contributed by atoms with Crippen molar-refractivity contribution in [3.05, 3.63) is 34.1 Å². The molecule has 1 aromatic rings. The van der Waals surface area contributed by atoms with Gasteiger partial charge in [-0.1, -0.05) is 17.7 Å². The van der Waals surface area contributed by atoms with Gasteiger partial charge < -0.3 is 0 Å². The number of hydrogen-bond acceptors (Lipinski definition) is 1. The zero-order valence-electron chi connectivity index (χ0n) is 7.77. The highest BCUT2D eigenvalue weighted by Crippen LogP contribution is 2.50. The topological polar surface area (TPSA) is 23.8 Å². The molecule has 0 aliphatic heterocycles. The van der Waals surface area contributed by atoms with Crippen LogP contribution in [0.3, 0.4) is 0 Å². The molecule has 2 rings (SSSR count). The molecule has 1 saturated carbocycles. The lowest BCUT2D eigenvalue weighted by molar-refractivity contribution is 0.597. The molecule has 14 heavy (non-hydrogen) atoms. The minimum Gasteiger partial charge on any atom is -0.205 e. The molecule has 0 spiro atoms. The number of aryl methyl sites for hydroxylation is 1. The van der Waals surface area contributed by atoms with Gasteiger partial charge in [0.25, 0.3) is 0 Å². The molecule has 0 atom stereocenters. The van der Waals surface area contributed by atoms with Crippen molar-refractivity contribution in [2.45, 2.75) is 25.2 Å². The van der Waals surface area contributed by atoms with Crippen molar-refractivity contribution >= 4 is 11.6 Å². The Kier molecular flexibility index (Phi) is 2.01. The van der Waals surface area contributed by atoms with E-state index in [0.717, 1.165) is 18.4 Å². The van der Waals surface area contributed by atoms with Crippen LogP contribution in [-0.4, -0.2) is 0 Å². The van der Waals surface area contributed by atoms with Crippen molar-refractivity contribution in [3.8, 4) is 6.07 Å². The second kappa shape index (κ2) is 2.96. The second-order valence-electron chi connectivity index (χ2n) is 3.75. The van der Waals surface area contributed by atoms with E-state index >= 15 is 0 Å². The zero-order valence-corrected chi connectivity index (χ0v) is 8.53. The van der Waals surface area contributed by atoms with Gasteiger partial charge in [0.05, 0.1) is 16.5 Å². The van der Waals surface area contributed by atoms with Gasteiger partial charge in [-0.2, -0.15) is 5.26 Å². The fourth-order valence-electron chi connectivity index (χ4n) is 1.78. The fraction of sp³-hybridized carbons (Fsp3) is 0.364. The number of halogens is 2. The van der Waals surface area contributed by atoms with Crippen LogP contribution in [0.15, 0.2) is 12.1 Å². The summed E-state index contributed by atoms with van der Waals surface area (Å²) in [5.74, 6) is -0.425. The first kappa shape index (κ1) is 9.48. The van der Waals surface area contributed by atoms with Gasteiger partial charge in [0.2, 0.25) is 0 Å². The highest BCUT2D eigenvalue weighted by Gasteiger charge is 2.48. The van der Waals surface area contributed by atoms with Crippen LogP contribution in [-0.2, 0) is 5.41 Å². The van der Waals surface area contributed by atoms with Crippen molar-refractivity contribution in [2.24, 2.45) is 0 Å². The largest absolute Gasteiger partial charge is 0.205 e. The molecule has 0 radical (unpaired) electrons. The molecule has 72 valence electrons. The van der Waals surface area contributed by atoms with Crippen LogP contribution in [0, 0.1) is 24.1 Å². The highest BCUT2D eigenvalue weighted by molar-refractivity contribution is 6.30. The first-order valence-corrected chi connectivity index (χ1v) is 4.85. The fourth-order valence-corrected chi connectivity index (χ4v) is 1.93. The second-order valence-corrected chi connectivity index (χ2v) is 4.15. The smallest absolute Gasteiger partial charge is 0.146 e. The lowest BCUT2D eigenvalue weighted by Crippen LogP contribution is -2.08. The molecule has 0 heterocycles. The predicted octanol–water partition coefficient (Wildman–Crippen LogP) is 3.34. The van der Waals surface area contributed by atoms with Crippen LogP contribution >= 0.6 is 11.6 Å². The standard InChI is InChI=1S/C11H9ClFN/c1-7-2-3-8(12)10(13)9(7)11(6-14)4-5-11/h2-3H,4-5H2,1H3. The molecule has 1 fully saturated rings. The number of rotatable bonds is 1. The van der Waals surface area contributed by atoms with Gasteiger partial charge in [-0.25, -0.2) is 4.39 Å². The molecule has 0 N–H and O–H groups in total. The van der Waals surface area contributed by atoms with E-state index in [4.69, 9.17) is 16.9 Å². The van der Waals surface area contributed by atoms with Crippen LogP contribution < -0.4 is 0 Å². The number of benzene rings is 1. The maximum atomic E-state index is 13.7. The van der Waals surface area contributed by atoms with Crippen molar-refractivity contribution < 1.29 is 4.39 Å². The molecule has 0 aromatic heterocycles. The van der Waals surface area contributed by atoms with Gasteiger partial charge in [0.1, 0.15) is 5.82 Å². The van der Waals surface area contributed by atoms with Crippen molar-refractivity contribution in [3.63, 3.8) is 0 Å². The van der Waals surface area contributed by atoms with Crippen LogP contribution in [0.2, 0.25) is 5.02 Å². The Bertz CT molecular complexity index is 430. The maximum Gasteiger partial charge on any atom is 0.146 e. The monoisotopic (exact) mass is 209 g/mol. The molecule has 1 nitrogen and oxygen atoms in total. The Balaban J connectivity index is 2.64. The number of hydrogen-bond donors (Lipinski definition) is 0. The van der Waals surface area contributed by atoms with Crippen molar-refractivity contribution in [2.75, 3.05) is 0 Å². The van der Waals surface area contributed by atoms with Crippen LogP contribution in [0.5, 0.6) is 0 Å². The zero-order chi connectivity index (χ0) is 10.3. The predicted molar refractivity (Wildman–Crippen MR) is 52.7 cm³/mol. The summed E-state index contributed by atoms with van der Waals surface area (Å²) in [4.78, 5) is 0. The quantitative estimate of drug-likeness (QED) is 0.696. The lowest BCUT2D eigenvalue weighted by Gasteiger charge is -2.12. The van der Waals surface area contributed by atoms with E-state index in [1.54, 1.807) is 6.07 Å². The van der Waals surface area contributed by atoms with E-state index < -0.39 is 11.2 Å². The summed E-state index contributed by atoms with van der Waals surface area (Å²) in [6.45, 7) is 1.81. The molecule has 0 amide bonds. The molecular formula is C11H9ClFN. The van der Waals surface area contributed by atoms with Crippen molar-refractivity contribution in [1.82, 2.24) is 0 Å². The Hall–Kier alpha value is -1.07. The van der Waals surface area contributed by atoms with Crippen LogP contribution in [0.1, 0.15) is 24.0 Å². The summed E-state index contributed by atoms with van der Waals surface area (Å²) in [5.41, 5.74) is 0.706. The minimum absolute atomic E-state index is 0.104. The van der Waals surface area contributed by atoms with Gasteiger partial charge in [-0.15, -0.1) is 0 Å². The summed E-state index contributed by atoms with van der Waals surface area (Å²) in [6, 6.07) is 5.47. The van der Waals surface area contributed by atoms with Gasteiger partial charge in [-0.3, -0.25) is 0 Å². The SMILES string of the molecule is Cc1ccc(Cl)c(F)c1C1(C#N)CC1. The molecule has 0 bridgehead atoms. The van der Waals surface area contributed by atoms with E-state index in [9.17, 15) is 4.39 Å². The third kappa shape index (κ3) is 1.20. The third-order valence-electron chi connectivity index (χ3n) is 2.75. The highest BCUT2D eigenvalue weighted by atomic mass is 35.5.